The molecule has 0 aromatic heterocycles. The van der Waals surface area contributed by atoms with E-state index >= 15 is 0 Å². The molecule has 0 aliphatic carbocycles. The van der Waals surface area contributed by atoms with Crippen LogP contribution in [-0.2, 0) is 9.53 Å². The van der Waals surface area contributed by atoms with E-state index < -0.39 is 5.54 Å². The minimum absolute atomic E-state index is 0.175. The van der Waals surface area contributed by atoms with Crippen molar-refractivity contribution in [1.29, 1.82) is 0 Å². The molecule has 1 heterocycles. The molecule has 4 heteroatoms. The van der Waals surface area contributed by atoms with Crippen molar-refractivity contribution in [2.45, 2.75) is 25.3 Å². The predicted octanol–water partition coefficient (Wildman–Crippen LogP) is -0.336. The van der Waals surface area contributed by atoms with Gasteiger partial charge in [-0.1, -0.05) is 0 Å². The molecule has 0 bridgehead atoms. The molecule has 2 N–H and O–H groups in total. The topological polar surface area (TPSA) is 58.6 Å². The molecule has 0 aromatic carbocycles. The van der Waals surface area contributed by atoms with Gasteiger partial charge in [0.05, 0.1) is 13.2 Å². The molecule has 1 atom stereocenters. The number of carbonyl (C=O) groups is 1. The van der Waals surface area contributed by atoms with Crippen LogP contribution < -0.4 is 5.32 Å². The maximum Gasteiger partial charge on any atom is 0.328 e. The first-order valence-electron chi connectivity index (χ1n) is 4.28. The maximum absolute atomic E-state index is 11.4. The van der Waals surface area contributed by atoms with Crippen molar-refractivity contribution in [3.63, 3.8) is 0 Å². The fourth-order valence-corrected chi connectivity index (χ4v) is 1.45. The first-order valence-corrected chi connectivity index (χ1v) is 4.28. The van der Waals surface area contributed by atoms with Crippen LogP contribution in [0.1, 0.15) is 19.8 Å². The Morgan fingerprint density at radius 2 is 2.50 bits per heavy atom. The highest BCUT2D eigenvalue weighted by atomic mass is 16.5. The van der Waals surface area contributed by atoms with Crippen LogP contribution in [0, 0.1) is 0 Å². The molecule has 1 unspecified atom stereocenters. The molecule has 0 saturated carbocycles. The summed E-state index contributed by atoms with van der Waals surface area (Å²) in [6.45, 7) is 2.73. The molecule has 1 fully saturated rings. The Balaban J connectivity index is 2.59. The van der Waals surface area contributed by atoms with Gasteiger partial charge in [0.1, 0.15) is 5.54 Å². The summed E-state index contributed by atoms with van der Waals surface area (Å²) in [5, 5.41) is 12.0. The van der Waals surface area contributed by atoms with E-state index in [1.165, 1.54) is 0 Å². The third kappa shape index (κ3) is 1.59. The summed E-state index contributed by atoms with van der Waals surface area (Å²) in [7, 11) is 0. The zero-order valence-electron chi connectivity index (χ0n) is 7.30. The number of ether oxygens (including phenoxy) is 1. The van der Waals surface area contributed by atoms with Crippen LogP contribution in [0.3, 0.4) is 0 Å². The summed E-state index contributed by atoms with van der Waals surface area (Å²) in [5.41, 5.74) is -0.810. The predicted molar refractivity (Wildman–Crippen MR) is 43.7 cm³/mol. The fourth-order valence-electron chi connectivity index (χ4n) is 1.45. The molecule has 1 rings (SSSR count). The van der Waals surface area contributed by atoms with Gasteiger partial charge in [0.15, 0.2) is 0 Å². The van der Waals surface area contributed by atoms with Crippen molar-refractivity contribution in [2.24, 2.45) is 0 Å². The van der Waals surface area contributed by atoms with Crippen molar-refractivity contribution in [3.8, 4) is 0 Å². The number of aliphatic hydroxyl groups is 1. The Bertz CT molecular complexity index is 164. The minimum atomic E-state index is -0.810. The van der Waals surface area contributed by atoms with E-state index in [1.54, 1.807) is 6.92 Å². The molecule has 70 valence electrons. The highest BCUT2D eigenvalue weighted by molar-refractivity contribution is 5.81. The molecular weight excluding hydrogens is 158 g/mol. The van der Waals surface area contributed by atoms with E-state index in [-0.39, 0.29) is 12.6 Å². The Morgan fingerprint density at radius 3 is 2.92 bits per heavy atom. The third-order valence-corrected chi connectivity index (χ3v) is 2.18. The molecule has 12 heavy (non-hydrogen) atoms. The van der Waals surface area contributed by atoms with Crippen LogP contribution in [0.25, 0.3) is 0 Å². The molecule has 1 aliphatic heterocycles. The zero-order valence-corrected chi connectivity index (χ0v) is 7.30. The van der Waals surface area contributed by atoms with Crippen LogP contribution in [0.2, 0.25) is 0 Å². The average molecular weight is 173 g/mol. The van der Waals surface area contributed by atoms with E-state index in [9.17, 15) is 4.79 Å². The molecule has 0 aromatic rings. The number of nitrogens with one attached hydrogen (secondary N) is 1. The largest absolute Gasteiger partial charge is 0.465 e. The lowest BCUT2D eigenvalue weighted by Gasteiger charge is -2.23. The van der Waals surface area contributed by atoms with Crippen LogP contribution >= 0.6 is 0 Å². The lowest BCUT2D eigenvalue weighted by Crippen LogP contribution is -2.51. The van der Waals surface area contributed by atoms with Gasteiger partial charge >= 0.3 is 5.97 Å². The Morgan fingerprint density at radius 1 is 1.75 bits per heavy atom. The normalized spacial score (nSPS) is 28.8. The van der Waals surface area contributed by atoms with Crippen molar-refractivity contribution < 1.29 is 14.6 Å². The number of carbonyl (C=O) groups excluding carboxylic acids is 1. The second kappa shape index (κ2) is 3.87. The van der Waals surface area contributed by atoms with Gasteiger partial charge in [-0.3, -0.25) is 5.32 Å². The standard InChI is InChI=1S/C8H15NO3/c1-2-12-7(11)8(6-10)4-3-5-9-8/h9-10H,2-6H2,1H3. The zero-order chi connectivity index (χ0) is 9.03. The maximum atomic E-state index is 11.4. The van der Waals surface area contributed by atoms with Gasteiger partial charge in [0, 0.05) is 0 Å². The second-order valence-electron chi connectivity index (χ2n) is 2.99. The summed E-state index contributed by atoms with van der Waals surface area (Å²) in [5.74, 6) is -0.329. The van der Waals surface area contributed by atoms with Gasteiger partial charge in [0.2, 0.25) is 0 Å². The Kier molecular flexibility index (Phi) is 3.05. The lowest BCUT2D eigenvalue weighted by molar-refractivity contribution is -0.152. The van der Waals surface area contributed by atoms with E-state index in [4.69, 9.17) is 9.84 Å². The van der Waals surface area contributed by atoms with Crippen LogP contribution in [-0.4, -0.2) is 36.4 Å². The summed E-state index contributed by atoms with van der Waals surface area (Å²) in [6.07, 6.45) is 1.59. The fraction of sp³-hybridized carbons (Fsp3) is 0.875. The van der Waals surface area contributed by atoms with Crippen molar-refractivity contribution in [3.05, 3.63) is 0 Å². The van der Waals surface area contributed by atoms with Crippen LogP contribution in [0.15, 0.2) is 0 Å². The lowest BCUT2D eigenvalue weighted by atomic mass is 9.99. The van der Waals surface area contributed by atoms with Crippen LogP contribution in [0.5, 0.6) is 0 Å². The SMILES string of the molecule is CCOC(=O)C1(CO)CCCN1. The van der Waals surface area contributed by atoms with Gasteiger partial charge in [-0.15, -0.1) is 0 Å². The number of aliphatic hydroxyl groups excluding tert-OH is 1. The third-order valence-electron chi connectivity index (χ3n) is 2.18. The highest BCUT2D eigenvalue weighted by Gasteiger charge is 2.41. The van der Waals surface area contributed by atoms with Gasteiger partial charge < -0.3 is 9.84 Å². The molecular formula is C8H15NO3. The van der Waals surface area contributed by atoms with Gasteiger partial charge in [0.25, 0.3) is 0 Å². The highest BCUT2D eigenvalue weighted by Crippen LogP contribution is 2.20. The molecule has 0 spiro atoms. The number of hydrogen-bond donors (Lipinski definition) is 2. The number of hydrogen-bond acceptors (Lipinski definition) is 4. The smallest absolute Gasteiger partial charge is 0.328 e. The average Bonchev–Trinajstić information content (AvgIpc) is 2.54. The van der Waals surface area contributed by atoms with E-state index in [0.29, 0.717) is 13.0 Å². The van der Waals surface area contributed by atoms with E-state index in [0.717, 1.165) is 13.0 Å². The molecule has 1 saturated heterocycles. The van der Waals surface area contributed by atoms with E-state index in [1.807, 2.05) is 0 Å². The van der Waals surface area contributed by atoms with Crippen molar-refractivity contribution in [1.82, 2.24) is 5.32 Å². The Hall–Kier alpha value is -0.610. The molecule has 4 nitrogen and oxygen atoms in total. The second-order valence-corrected chi connectivity index (χ2v) is 2.99. The molecule has 1 aliphatic rings. The minimum Gasteiger partial charge on any atom is -0.465 e. The van der Waals surface area contributed by atoms with Gasteiger partial charge in [-0.25, -0.2) is 4.79 Å². The van der Waals surface area contributed by atoms with Crippen molar-refractivity contribution in [2.75, 3.05) is 19.8 Å². The van der Waals surface area contributed by atoms with Gasteiger partial charge in [-0.2, -0.15) is 0 Å². The summed E-state index contributed by atoms with van der Waals surface area (Å²) < 4.78 is 4.86. The Labute approximate surface area is 71.9 Å². The quantitative estimate of drug-likeness (QED) is 0.573. The first kappa shape index (κ1) is 9.48. The first-order chi connectivity index (χ1) is 5.75. The van der Waals surface area contributed by atoms with Crippen molar-refractivity contribution >= 4 is 5.97 Å². The summed E-state index contributed by atoms with van der Waals surface area (Å²) in [6, 6.07) is 0. The van der Waals surface area contributed by atoms with Crippen LogP contribution in [0.4, 0.5) is 0 Å². The van der Waals surface area contributed by atoms with E-state index in [2.05, 4.69) is 5.32 Å². The molecule has 0 radical (unpaired) electrons. The van der Waals surface area contributed by atoms with Gasteiger partial charge in [-0.05, 0) is 26.3 Å². The molecule has 0 amide bonds. The number of esters is 1. The summed E-state index contributed by atoms with van der Waals surface area (Å²) >= 11 is 0. The summed E-state index contributed by atoms with van der Waals surface area (Å²) in [4.78, 5) is 11.4. The monoisotopic (exact) mass is 173 g/mol. The number of rotatable bonds is 3.